The van der Waals surface area contributed by atoms with Crippen molar-refractivity contribution in [3.63, 3.8) is 0 Å². The second-order valence-electron chi connectivity index (χ2n) is 4.36. The molecule has 0 saturated carbocycles. The first-order valence-electron chi connectivity index (χ1n) is 6.05. The smallest absolute Gasteiger partial charge is 0.223 e. The number of nitrogens with one attached hydrogen (secondary N) is 2. The molecule has 90 valence electrons. The van der Waals surface area contributed by atoms with Crippen LogP contribution in [0, 0.1) is 5.92 Å². The van der Waals surface area contributed by atoms with Crippen LogP contribution in [0.5, 0.6) is 0 Å². The minimum Gasteiger partial charge on any atom is -0.361 e. The number of hydrogen-bond acceptors (Lipinski definition) is 1. The number of aromatic amines is 1. The van der Waals surface area contributed by atoms with Crippen LogP contribution in [0.3, 0.4) is 0 Å². The summed E-state index contributed by atoms with van der Waals surface area (Å²) in [5.74, 6) is 0.131. The van der Waals surface area contributed by atoms with Crippen LogP contribution in [0.25, 0.3) is 10.9 Å². The average molecular weight is 230 g/mol. The molecule has 0 spiro atoms. The van der Waals surface area contributed by atoms with Gasteiger partial charge in [0.2, 0.25) is 5.91 Å². The second-order valence-corrected chi connectivity index (χ2v) is 4.36. The van der Waals surface area contributed by atoms with E-state index in [2.05, 4.69) is 22.4 Å². The van der Waals surface area contributed by atoms with E-state index in [4.69, 9.17) is 0 Å². The van der Waals surface area contributed by atoms with Crippen LogP contribution in [0.1, 0.15) is 19.4 Å². The molecule has 0 bridgehead atoms. The zero-order chi connectivity index (χ0) is 12.3. The third-order valence-corrected chi connectivity index (χ3v) is 3.00. The van der Waals surface area contributed by atoms with Crippen molar-refractivity contribution in [2.24, 2.45) is 5.92 Å². The Bertz CT molecular complexity index is 516. The fourth-order valence-electron chi connectivity index (χ4n) is 2.07. The summed E-state index contributed by atoms with van der Waals surface area (Å²) in [6.45, 7) is 4.60. The van der Waals surface area contributed by atoms with Crippen molar-refractivity contribution in [2.45, 2.75) is 20.3 Å². The lowest BCUT2D eigenvalue weighted by Crippen LogP contribution is -2.29. The lowest BCUT2D eigenvalue weighted by molar-refractivity contribution is -0.124. The van der Waals surface area contributed by atoms with Gasteiger partial charge in [0, 0.05) is 29.6 Å². The van der Waals surface area contributed by atoms with E-state index in [1.165, 1.54) is 10.9 Å². The van der Waals surface area contributed by atoms with Crippen LogP contribution >= 0.6 is 0 Å². The first-order valence-corrected chi connectivity index (χ1v) is 6.05. The van der Waals surface area contributed by atoms with Crippen molar-refractivity contribution >= 4 is 16.8 Å². The molecule has 2 N–H and O–H groups in total. The Morgan fingerprint density at radius 3 is 2.94 bits per heavy atom. The van der Waals surface area contributed by atoms with Crippen molar-refractivity contribution in [2.75, 3.05) is 6.54 Å². The number of amides is 1. The topological polar surface area (TPSA) is 44.9 Å². The van der Waals surface area contributed by atoms with Crippen molar-refractivity contribution in [3.05, 3.63) is 36.0 Å². The first kappa shape index (κ1) is 11.7. The predicted octanol–water partition coefficient (Wildman–Crippen LogP) is 2.48. The van der Waals surface area contributed by atoms with Gasteiger partial charge in [-0.15, -0.1) is 0 Å². The molecule has 0 aliphatic carbocycles. The highest BCUT2D eigenvalue weighted by atomic mass is 16.1. The highest BCUT2D eigenvalue weighted by molar-refractivity contribution is 5.84. The maximum Gasteiger partial charge on any atom is 0.223 e. The fourth-order valence-corrected chi connectivity index (χ4v) is 2.07. The maximum atomic E-state index is 11.7. The summed E-state index contributed by atoms with van der Waals surface area (Å²) in [4.78, 5) is 14.9. The molecular weight excluding hydrogens is 212 g/mol. The van der Waals surface area contributed by atoms with Crippen LogP contribution in [-0.4, -0.2) is 17.4 Å². The van der Waals surface area contributed by atoms with Crippen LogP contribution in [0.15, 0.2) is 30.5 Å². The van der Waals surface area contributed by atoms with Crippen molar-refractivity contribution in [3.8, 4) is 0 Å². The van der Waals surface area contributed by atoms with E-state index in [1.807, 2.05) is 32.2 Å². The third-order valence-electron chi connectivity index (χ3n) is 3.00. The normalized spacial score (nSPS) is 12.6. The highest BCUT2D eigenvalue weighted by Crippen LogP contribution is 2.20. The van der Waals surface area contributed by atoms with Gasteiger partial charge in [-0.3, -0.25) is 4.79 Å². The molecule has 1 atom stereocenters. The van der Waals surface area contributed by atoms with Gasteiger partial charge in [-0.2, -0.15) is 0 Å². The monoisotopic (exact) mass is 230 g/mol. The highest BCUT2D eigenvalue weighted by Gasteiger charge is 2.14. The van der Waals surface area contributed by atoms with Gasteiger partial charge in [-0.25, -0.2) is 0 Å². The molecule has 0 aliphatic rings. The Morgan fingerprint density at radius 2 is 2.18 bits per heavy atom. The van der Waals surface area contributed by atoms with Gasteiger partial charge < -0.3 is 10.3 Å². The molecule has 0 unspecified atom stereocenters. The van der Waals surface area contributed by atoms with Gasteiger partial charge in [0.05, 0.1) is 0 Å². The number of fused-ring (bicyclic) bond motifs is 1. The summed E-state index contributed by atoms with van der Waals surface area (Å²) in [5, 5.41) is 4.07. The zero-order valence-corrected chi connectivity index (χ0v) is 10.3. The summed E-state index contributed by atoms with van der Waals surface area (Å²) in [5.41, 5.74) is 2.34. The van der Waals surface area contributed by atoms with Gasteiger partial charge in [0.1, 0.15) is 0 Å². The Kier molecular flexibility index (Phi) is 3.47. The number of para-hydroxylation sites is 1. The molecule has 17 heavy (non-hydrogen) atoms. The molecule has 0 fully saturated rings. The van der Waals surface area contributed by atoms with E-state index in [1.54, 1.807) is 0 Å². The molecule has 2 rings (SSSR count). The van der Waals surface area contributed by atoms with Gasteiger partial charge in [-0.05, 0) is 25.0 Å². The lowest BCUT2D eigenvalue weighted by Gasteiger charge is -2.10. The standard InChI is InChI=1S/C14H18N2O/c1-3-15-14(17)10(2)8-11-9-16-13-7-5-4-6-12(11)13/h4-7,9-10,16H,3,8H2,1-2H3,(H,15,17)/t10-/m0/s1. The Hall–Kier alpha value is -1.77. The molecule has 0 radical (unpaired) electrons. The number of H-pyrrole nitrogens is 1. The van der Waals surface area contributed by atoms with Crippen LogP contribution in [-0.2, 0) is 11.2 Å². The van der Waals surface area contributed by atoms with Crippen molar-refractivity contribution < 1.29 is 4.79 Å². The van der Waals surface area contributed by atoms with Gasteiger partial charge in [0.25, 0.3) is 0 Å². The molecule has 2 aromatic rings. The molecule has 3 heteroatoms. The molecule has 0 saturated heterocycles. The van der Waals surface area contributed by atoms with Gasteiger partial charge in [-0.1, -0.05) is 25.1 Å². The van der Waals surface area contributed by atoms with Gasteiger partial charge >= 0.3 is 0 Å². The Morgan fingerprint density at radius 1 is 1.41 bits per heavy atom. The largest absolute Gasteiger partial charge is 0.361 e. The lowest BCUT2D eigenvalue weighted by atomic mass is 10.00. The molecule has 1 amide bonds. The number of rotatable bonds is 4. The summed E-state index contributed by atoms with van der Waals surface area (Å²) < 4.78 is 0. The van der Waals surface area contributed by atoms with Gasteiger partial charge in [0.15, 0.2) is 0 Å². The zero-order valence-electron chi connectivity index (χ0n) is 10.3. The quantitative estimate of drug-likeness (QED) is 0.832. The Balaban J connectivity index is 2.16. The number of aromatic nitrogens is 1. The third kappa shape index (κ3) is 2.49. The molecule has 0 aliphatic heterocycles. The minimum absolute atomic E-state index is 0.00848. The van der Waals surface area contributed by atoms with E-state index in [-0.39, 0.29) is 11.8 Å². The van der Waals surface area contributed by atoms with E-state index >= 15 is 0 Å². The second kappa shape index (κ2) is 5.04. The van der Waals surface area contributed by atoms with E-state index in [0.29, 0.717) is 6.54 Å². The molecule has 1 heterocycles. The number of carbonyl (C=O) groups excluding carboxylic acids is 1. The summed E-state index contributed by atoms with van der Waals surface area (Å²) in [7, 11) is 0. The van der Waals surface area contributed by atoms with E-state index in [9.17, 15) is 4.79 Å². The number of benzene rings is 1. The number of carbonyl (C=O) groups is 1. The van der Waals surface area contributed by atoms with Crippen LogP contribution in [0.4, 0.5) is 0 Å². The van der Waals surface area contributed by atoms with Crippen LogP contribution in [0.2, 0.25) is 0 Å². The molecular formula is C14H18N2O. The summed E-state index contributed by atoms with van der Waals surface area (Å²) in [6, 6.07) is 8.17. The molecule has 1 aromatic heterocycles. The van der Waals surface area contributed by atoms with E-state index < -0.39 is 0 Å². The van der Waals surface area contributed by atoms with Crippen LogP contribution < -0.4 is 5.32 Å². The summed E-state index contributed by atoms with van der Waals surface area (Å²) >= 11 is 0. The van der Waals surface area contributed by atoms with E-state index in [0.717, 1.165) is 11.9 Å². The SMILES string of the molecule is CCNC(=O)[C@@H](C)Cc1c[nH]c2ccccc12. The fraction of sp³-hybridized carbons (Fsp3) is 0.357. The maximum absolute atomic E-state index is 11.7. The molecule has 3 nitrogen and oxygen atoms in total. The first-order chi connectivity index (χ1) is 8.22. The predicted molar refractivity (Wildman–Crippen MR) is 69.9 cm³/mol. The average Bonchev–Trinajstić information content (AvgIpc) is 2.73. The number of hydrogen-bond donors (Lipinski definition) is 2. The summed E-state index contributed by atoms with van der Waals surface area (Å²) in [6.07, 6.45) is 2.77. The minimum atomic E-state index is 0.00848. The van der Waals surface area contributed by atoms with Crippen molar-refractivity contribution in [1.82, 2.24) is 10.3 Å². The molecule has 1 aromatic carbocycles. The van der Waals surface area contributed by atoms with Crippen molar-refractivity contribution in [1.29, 1.82) is 0 Å². The Labute approximate surface area is 101 Å².